The average Bonchev–Trinajstić information content (AvgIpc) is 3.27. The van der Waals surface area contributed by atoms with Gasteiger partial charge in [-0.1, -0.05) is 41.5 Å². The number of anilines is 1. The summed E-state index contributed by atoms with van der Waals surface area (Å²) >= 11 is 9.36. The van der Waals surface area contributed by atoms with Gasteiger partial charge in [-0.3, -0.25) is 24.2 Å². The maximum absolute atomic E-state index is 14.1. The van der Waals surface area contributed by atoms with E-state index in [1.807, 2.05) is 0 Å². The van der Waals surface area contributed by atoms with Crippen LogP contribution in [-0.4, -0.2) is 52.6 Å². The van der Waals surface area contributed by atoms with E-state index in [2.05, 4.69) is 20.9 Å². The van der Waals surface area contributed by atoms with Crippen LogP contribution in [0, 0.1) is 23.7 Å². The van der Waals surface area contributed by atoms with Crippen LogP contribution in [0.1, 0.15) is 24.1 Å². The molecule has 4 atom stereocenters. The summed E-state index contributed by atoms with van der Waals surface area (Å²) in [6.45, 7) is 0. The molecule has 1 saturated heterocycles. The number of Topliss-reactive ketones (excluding diaryl/α,β-unsaturated/α-hetero) is 1. The molecule has 1 aliphatic heterocycles. The summed E-state index contributed by atoms with van der Waals surface area (Å²) in [4.78, 5) is 58.1. The smallest absolute Gasteiger partial charge is 0.433 e. The van der Waals surface area contributed by atoms with Crippen LogP contribution in [-0.2, 0) is 25.4 Å². The second-order valence-electron chi connectivity index (χ2n) is 11.2. The molecule has 1 aromatic carbocycles. The summed E-state index contributed by atoms with van der Waals surface area (Å²) < 4.78 is 45.6. The molecule has 9 nitrogen and oxygen atoms in total. The monoisotopic (exact) mass is 717 g/mol. The van der Waals surface area contributed by atoms with Crippen molar-refractivity contribution in [2.24, 2.45) is 23.7 Å². The second kappa shape index (κ2) is 11.5. The van der Waals surface area contributed by atoms with Gasteiger partial charge in [0, 0.05) is 30.2 Å². The Bertz CT molecular complexity index is 1850. The number of halogens is 5. The number of hydrogen-bond donors (Lipinski definition) is 1. The number of aromatic hydroxyl groups is 1. The molecule has 46 heavy (non-hydrogen) atoms. The van der Waals surface area contributed by atoms with Crippen molar-refractivity contribution in [3.05, 3.63) is 86.0 Å². The fourth-order valence-corrected chi connectivity index (χ4v) is 7.35. The third-order valence-corrected chi connectivity index (χ3v) is 9.65. The van der Waals surface area contributed by atoms with Crippen molar-refractivity contribution in [1.29, 1.82) is 0 Å². The number of phenols is 1. The van der Waals surface area contributed by atoms with E-state index in [0.29, 0.717) is 17.2 Å². The number of imide groups is 1. The van der Waals surface area contributed by atoms with Crippen LogP contribution in [0.25, 0.3) is 6.08 Å². The van der Waals surface area contributed by atoms with Crippen molar-refractivity contribution in [1.82, 2.24) is 9.99 Å². The Balaban J connectivity index is 1.39. The Labute approximate surface area is 273 Å². The number of rotatable bonds is 5. The number of ketones is 2. The zero-order valence-corrected chi connectivity index (χ0v) is 26.5. The van der Waals surface area contributed by atoms with E-state index in [1.165, 1.54) is 26.3 Å². The summed E-state index contributed by atoms with van der Waals surface area (Å²) in [7, 11) is 2.64. The Morgan fingerprint density at radius 1 is 1.13 bits per heavy atom. The lowest BCUT2D eigenvalue weighted by Crippen LogP contribution is -2.46. The topological polar surface area (TPSA) is 117 Å². The van der Waals surface area contributed by atoms with Gasteiger partial charge >= 0.3 is 6.18 Å². The SMILES string of the molecule is COc1cc(C=CC2C3=CCC4C(=O)N(N(C)c5nc(C(F)(F)F)ccc5Cl)C(=O)C4C3CC3=C2C(=O)C=C(Br)C3=O)ccc1O. The largest absolute Gasteiger partial charge is 0.504 e. The normalized spacial score (nSPS) is 24.5. The number of allylic oxidation sites excluding steroid dienone is 7. The standard InChI is InChI=1S/C32H24BrClF3N3O6/c1-39(29-21(34)8-10-25(38-29)32(35,36)37)40-30(44)17-7-6-15-16(5-3-14-4-9-22(41)24(11-14)46-2)26-19(12-18(15)27(17)31(40)45)28(43)20(33)13-23(26)42/h3-6,8-11,13,16-18,27,41H,7,12H2,1-2H3. The van der Waals surface area contributed by atoms with Gasteiger partial charge in [0.1, 0.15) is 5.69 Å². The van der Waals surface area contributed by atoms with Gasteiger partial charge < -0.3 is 9.84 Å². The first-order valence-corrected chi connectivity index (χ1v) is 15.2. The highest BCUT2D eigenvalue weighted by Gasteiger charge is 2.57. The van der Waals surface area contributed by atoms with Crippen molar-refractivity contribution in [2.75, 3.05) is 19.2 Å². The molecule has 0 saturated carbocycles. The summed E-state index contributed by atoms with van der Waals surface area (Å²) in [5.41, 5.74) is 0.544. The first-order valence-electron chi connectivity index (χ1n) is 14.0. The number of alkyl halides is 3. The summed E-state index contributed by atoms with van der Waals surface area (Å²) in [6, 6.07) is 6.38. The maximum atomic E-state index is 14.1. The van der Waals surface area contributed by atoms with Crippen molar-refractivity contribution in [3.63, 3.8) is 0 Å². The van der Waals surface area contributed by atoms with Crippen LogP contribution >= 0.6 is 27.5 Å². The molecule has 14 heteroatoms. The number of nitrogens with zero attached hydrogens (tertiary/aromatic N) is 3. The predicted molar refractivity (Wildman–Crippen MR) is 164 cm³/mol. The average molecular weight is 719 g/mol. The number of amides is 2. The highest BCUT2D eigenvalue weighted by atomic mass is 79.9. The van der Waals surface area contributed by atoms with E-state index in [0.717, 1.165) is 16.1 Å². The van der Waals surface area contributed by atoms with Gasteiger partial charge in [-0.25, -0.2) is 4.98 Å². The number of phenolic OH excluding ortho intramolecular Hbond substituents is 1. The predicted octanol–water partition coefficient (Wildman–Crippen LogP) is 5.83. The fourth-order valence-electron chi connectivity index (χ4n) is 6.68. The van der Waals surface area contributed by atoms with Gasteiger partial charge in [-0.15, -0.1) is 0 Å². The van der Waals surface area contributed by atoms with E-state index in [9.17, 15) is 37.5 Å². The number of hydrazine groups is 1. The zero-order chi connectivity index (χ0) is 33.2. The summed E-state index contributed by atoms with van der Waals surface area (Å²) in [6.07, 6.45) is 1.79. The van der Waals surface area contributed by atoms with Crippen molar-refractivity contribution in [3.8, 4) is 11.5 Å². The van der Waals surface area contributed by atoms with Crippen LogP contribution in [0.5, 0.6) is 11.5 Å². The minimum Gasteiger partial charge on any atom is -0.504 e. The molecule has 3 aliphatic carbocycles. The van der Waals surface area contributed by atoms with Crippen LogP contribution in [0.3, 0.4) is 0 Å². The van der Waals surface area contributed by atoms with E-state index in [4.69, 9.17) is 16.3 Å². The molecular weight excluding hydrogens is 695 g/mol. The number of aromatic nitrogens is 1. The van der Waals surface area contributed by atoms with Gasteiger partial charge in [-0.05, 0) is 64.5 Å². The minimum atomic E-state index is -4.79. The molecule has 2 aromatic rings. The van der Waals surface area contributed by atoms with Gasteiger partial charge in [-0.2, -0.15) is 18.2 Å². The van der Waals surface area contributed by atoms with Crippen LogP contribution in [0.4, 0.5) is 19.0 Å². The molecule has 4 unspecified atom stereocenters. The molecule has 0 bridgehead atoms. The zero-order valence-electron chi connectivity index (χ0n) is 24.1. The first kappa shape index (κ1) is 31.7. The fraction of sp³-hybridized carbons (Fsp3) is 0.281. The molecule has 1 aromatic heterocycles. The maximum Gasteiger partial charge on any atom is 0.433 e. The van der Waals surface area contributed by atoms with Gasteiger partial charge in [0.15, 0.2) is 28.9 Å². The molecule has 2 heterocycles. The molecule has 0 radical (unpaired) electrons. The molecule has 0 spiro atoms. The summed E-state index contributed by atoms with van der Waals surface area (Å²) in [5.74, 6) is -5.59. The molecule has 1 N–H and O–H groups in total. The minimum absolute atomic E-state index is 0.00631. The lowest BCUT2D eigenvalue weighted by Gasteiger charge is -2.41. The first-order chi connectivity index (χ1) is 21.7. The highest BCUT2D eigenvalue weighted by Crippen LogP contribution is 2.53. The number of hydrogen-bond acceptors (Lipinski definition) is 8. The number of pyridine rings is 1. The van der Waals surface area contributed by atoms with E-state index < -0.39 is 59.0 Å². The van der Waals surface area contributed by atoms with Crippen molar-refractivity contribution >= 4 is 62.8 Å². The molecule has 4 aliphatic rings. The van der Waals surface area contributed by atoms with Gasteiger partial charge in [0.2, 0.25) is 0 Å². The molecular formula is C32H24BrClF3N3O6. The van der Waals surface area contributed by atoms with E-state index in [-0.39, 0.29) is 50.8 Å². The molecule has 238 valence electrons. The molecule has 6 rings (SSSR count). The third-order valence-electron chi connectivity index (χ3n) is 8.77. The van der Waals surface area contributed by atoms with Crippen molar-refractivity contribution < 1.29 is 42.2 Å². The number of ether oxygens (including phenoxy) is 1. The Morgan fingerprint density at radius 3 is 2.57 bits per heavy atom. The number of carbonyl (C=O) groups excluding carboxylic acids is 4. The molecule has 1 fully saturated rings. The highest BCUT2D eigenvalue weighted by molar-refractivity contribution is 9.12. The van der Waals surface area contributed by atoms with Crippen LogP contribution < -0.4 is 9.75 Å². The van der Waals surface area contributed by atoms with E-state index in [1.54, 1.807) is 30.4 Å². The third kappa shape index (κ3) is 5.15. The second-order valence-corrected chi connectivity index (χ2v) is 12.5. The molecule has 2 amide bonds. The number of methoxy groups -OCH3 is 1. The quantitative estimate of drug-likeness (QED) is 0.234. The lowest BCUT2D eigenvalue weighted by atomic mass is 9.61. The lowest BCUT2D eigenvalue weighted by molar-refractivity contribution is -0.141. The number of carbonyl (C=O) groups is 4. The van der Waals surface area contributed by atoms with E-state index >= 15 is 0 Å². The Kier molecular flexibility index (Phi) is 7.96. The number of fused-ring (bicyclic) bond motifs is 3. The van der Waals surface area contributed by atoms with Crippen LogP contribution in [0.15, 0.2) is 69.8 Å². The van der Waals surface area contributed by atoms with Crippen LogP contribution in [0.2, 0.25) is 5.02 Å². The van der Waals surface area contributed by atoms with Gasteiger partial charge in [0.25, 0.3) is 11.8 Å². The summed E-state index contributed by atoms with van der Waals surface area (Å²) in [5, 5.41) is 11.5. The van der Waals surface area contributed by atoms with Crippen molar-refractivity contribution in [2.45, 2.75) is 19.0 Å². The Morgan fingerprint density at radius 2 is 1.87 bits per heavy atom. The van der Waals surface area contributed by atoms with Gasteiger partial charge in [0.05, 0.1) is 28.5 Å². The Hall–Kier alpha value is -4.23. The number of benzene rings is 1.